The topological polar surface area (TPSA) is 15.3 Å². The van der Waals surface area contributed by atoms with Crippen LogP contribution in [-0.4, -0.2) is 24.0 Å². The Balaban J connectivity index is 1.92. The minimum absolute atomic E-state index is 0.544. The van der Waals surface area contributed by atoms with Crippen LogP contribution >= 0.6 is 0 Å². The molecule has 1 N–H and O–H groups in total. The van der Waals surface area contributed by atoms with Gasteiger partial charge in [-0.25, -0.2) is 0 Å². The van der Waals surface area contributed by atoms with E-state index < -0.39 is 0 Å². The molecule has 1 aliphatic rings. The van der Waals surface area contributed by atoms with E-state index in [4.69, 9.17) is 0 Å². The second-order valence-electron chi connectivity index (χ2n) is 7.24. The minimum Gasteiger partial charge on any atom is -0.382 e. The third-order valence-corrected chi connectivity index (χ3v) is 4.94. The summed E-state index contributed by atoms with van der Waals surface area (Å²) in [5.74, 6) is 0. The lowest BCUT2D eigenvalue weighted by Crippen LogP contribution is -2.29. The zero-order chi connectivity index (χ0) is 15.3. The van der Waals surface area contributed by atoms with Crippen molar-refractivity contribution in [3.8, 4) is 0 Å². The summed E-state index contributed by atoms with van der Waals surface area (Å²) in [6.07, 6.45) is 5.27. The van der Waals surface area contributed by atoms with Gasteiger partial charge in [0.2, 0.25) is 0 Å². The van der Waals surface area contributed by atoms with Crippen molar-refractivity contribution in [1.29, 1.82) is 0 Å². The van der Waals surface area contributed by atoms with Crippen molar-refractivity contribution in [2.24, 2.45) is 5.41 Å². The zero-order valence-corrected chi connectivity index (χ0v) is 14.3. The summed E-state index contributed by atoms with van der Waals surface area (Å²) < 4.78 is 0. The number of hydrogen-bond acceptors (Lipinski definition) is 2. The van der Waals surface area contributed by atoms with Crippen molar-refractivity contribution < 1.29 is 0 Å². The highest BCUT2D eigenvalue weighted by atomic mass is 15.1. The molecule has 0 unspecified atom stereocenters. The van der Waals surface area contributed by atoms with Gasteiger partial charge in [0.15, 0.2) is 0 Å². The third-order valence-electron chi connectivity index (χ3n) is 4.94. The fourth-order valence-electron chi connectivity index (χ4n) is 3.24. The highest BCUT2D eigenvalue weighted by Crippen LogP contribution is 2.36. The molecule has 1 aromatic carbocycles. The van der Waals surface area contributed by atoms with Gasteiger partial charge in [-0.1, -0.05) is 39.8 Å². The highest BCUT2D eigenvalue weighted by Gasteiger charge is 2.26. The maximum absolute atomic E-state index is 3.75. The summed E-state index contributed by atoms with van der Waals surface area (Å²) in [7, 11) is 0. The van der Waals surface area contributed by atoms with Crippen LogP contribution in [0.4, 0.5) is 5.69 Å². The van der Waals surface area contributed by atoms with Crippen molar-refractivity contribution in [3.05, 3.63) is 29.8 Å². The van der Waals surface area contributed by atoms with Crippen LogP contribution < -0.4 is 5.32 Å². The van der Waals surface area contributed by atoms with Crippen LogP contribution in [0.1, 0.15) is 58.9 Å². The summed E-state index contributed by atoms with van der Waals surface area (Å²) in [4.78, 5) is 2.46. The Labute approximate surface area is 130 Å². The first-order chi connectivity index (χ1) is 10.0. The Morgan fingerprint density at radius 3 is 2.43 bits per heavy atom. The van der Waals surface area contributed by atoms with Gasteiger partial charge < -0.3 is 5.32 Å². The molecule has 1 aliphatic carbocycles. The average Bonchev–Trinajstić information content (AvgIpc) is 2.47. The van der Waals surface area contributed by atoms with Gasteiger partial charge >= 0.3 is 0 Å². The fraction of sp³-hybridized carbons (Fsp3) is 0.684. The lowest BCUT2D eigenvalue weighted by Gasteiger charge is -2.35. The van der Waals surface area contributed by atoms with Crippen molar-refractivity contribution >= 4 is 5.69 Å². The van der Waals surface area contributed by atoms with E-state index in [2.05, 4.69) is 62.2 Å². The summed E-state index contributed by atoms with van der Waals surface area (Å²) >= 11 is 0. The van der Waals surface area contributed by atoms with E-state index in [1.165, 1.54) is 36.9 Å². The number of anilines is 1. The molecule has 0 aromatic heterocycles. The molecule has 2 nitrogen and oxygen atoms in total. The van der Waals surface area contributed by atoms with Gasteiger partial charge in [0.05, 0.1) is 0 Å². The number of nitrogens with zero attached hydrogens (tertiary/aromatic N) is 1. The molecule has 0 bridgehead atoms. The molecule has 21 heavy (non-hydrogen) atoms. The minimum atomic E-state index is 0.544. The number of hydrogen-bond donors (Lipinski definition) is 1. The Morgan fingerprint density at radius 2 is 1.81 bits per heavy atom. The molecule has 0 saturated heterocycles. The molecule has 0 heterocycles. The van der Waals surface area contributed by atoms with Crippen LogP contribution in [0.3, 0.4) is 0 Å². The van der Waals surface area contributed by atoms with Gasteiger partial charge in [-0.3, -0.25) is 4.90 Å². The van der Waals surface area contributed by atoms with Crippen molar-refractivity contribution in [1.82, 2.24) is 4.90 Å². The van der Waals surface area contributed by atoms with Gasteiger partial charge in [0.25, 0.3) is 0 Å². The van der Waals surface area contributed by atoms with Crippen LogP contribution in [0.2, 0.25) is 0 Å². The predicted molar refractivity (Wildman–Crippen MR) is 92.7 cm³/mol. The van der Waals surface area contributed by atoms with E-state index in [0.29, 0.717) is 11.5 Å². The molecule has 2 rings (SSSR count). The molecule has 0 atom stereocenters. The number of benzene rings is 1. The van der Waals surface area contributed by atoms with E-state index in [1.54, 1.807) is 0 Å². The maximum atomic E-state index is 3.75. The molecule has 2 heteroatoms. The fourth-order valence-corrected chi connectivity index (χ4v) is 3.24. The van der Waals surface area contributed by atoms with Gasteiger partial charge in [-0.2, -0.15) is 0 Å². The van der Waals surface area contributed by atoms with E-state index in [9.17, 15) is 0 Å². The van der Waals surface area contributed by atoms with Crippen LogP contribution in [0.25, 0.3) is 0 Å². The molecule has 0 radical (unpaired) electrons. The molecule has 0 aliphatic heterocycles. The average molecular weight is 288 g/mol. The zero-order valence-electron chi connectivity index (χ0n) is 14.3. The second kappa shape index (κ2) is 7.31. The number of nitrogens with one attached hydrogen (secondary N) is 1. The summed E-state index contributed by atoms with van der Waals surface area (Å²) in [5, 5.41) is 3.75. The van der Waals surface area contributed by atoms with Gasteiger partial charge in [0, 0.05) is 18.3 Å². The normalized spacial score (nSPS) is 18.9. The largest absolute Gasteiger partial charge is 0.382 e. The smallest absolute Gasteiger partial charge is 0.0345 e. The molecule has 1 fully saturated rings. The second-order valence-corrected chi connectivity index (χ2v) is 7.24. The first-order valence-corrected chi connectivity index (χ1v) is 8.60. The molecule has 1 aromatic rings. The summed E-state index contributed by atoms with van der Waals surface area (Å²) in [5.41, 5.74) is 3.26. The van der Waals surface area contributed by atoms with Crippen molar-refractivity contribution in [2.45, 2.75) is 66.0 Å². The van der Waals surface area contributed by atoms with E-state index >= 15 is 0 Å². The first kappa shape index (κ1) is 16.4. The maximum Gasteiger partial charge on any atom is 0.0345 e. The van der Waals surface area contributed by atoms with Gasteiger partial charge in [0.1, 0.15) is 0 Å². The van der Waals surface area contributed by atoms with Gasteiger partial charge in [-0.15, -0.1) is 0 Å². The highest BCUT2D eigenvalue weighted by molar-refractivity contribution is 5.46. The van der Waals surface area contributed by atoms with Crippen molar-refractivity contribution in [3.63, 3.8) is 0 Å². The molecule has 0 amide bonds. The molecule has 1 saturated carbocycles. The Hall–Kier alpha value is -1.02. The lowest BCUT2D eigenvalue weighted by molar-refractivity contribution is 0.232. The molecular weight excluding hydrogens is 256 g/mol. The quantitative estimate of drug-likeness (QED) is 0.800. The first-order valence-electron chi connectivity index (χ1n) is 8.60. The Kier molecular flexibility index (Phi) is 5.69. The monoisotopic (exact) mass is 288 g/mol. The predicted octanol–water partition coefficient (Wildman–Crippen LogP) is 4.91. The molecule has 0 spiro atoms. The Bertz CT molecular complexity index is 425. The van der Waals surface area contributed by atoms with Crippen LogP contribution in [0.5, 0.6) is 0 Å². The van der Waals surface area contributed by atoms with Crippen LogP contribution in [0.15, 0.2) is 24.3 Å². The summed E-state index contributed by atoms with van der Waals surface area (Å²) in [6, 6.07) is 9.63. The van der Waals surface area contributed by atoms with Crippen LogP contribution in [0, 0.1) is 5.41 Å². The standard InChI is InChI=1S/C19H32N2/c1-5-21(6-2)15-16-8-7-9-18(14-16)20-17-10-12-19(3,4)13-11-17/h7-9,14,17,20H,5-6,10-13,15H2,1-4H3. The van der Waals surface area contributed by atoms with E-state index in [1.807, 2.05) is 0 Å². The molecular formula is C19H32N2. The van der Waals surface area contributed by atoms with Crippen molar-refractivity contribution in [2.75, 3.05) is 18.4 Å². The summed E-state index contributed by atoms with van der Waals surface area (Å²) in [6.45, 7) is 12.5. The lowest BCUT2D eigenvalue weighted by atomic mass is 9.75. The Morgan fingerprint density at radius 1 is 1.14 bits per heavy atom. The van der Waals surface area contributed by atoms with E-state index in [0.717, 1.165) is 19.6 Å². The SMILES string of the molecule is CCN(CC)Cc1cccc(NC2CCC(C)(C)CC2)c1. The van der Waals surface area contributed by atoms with E-state index in [-0.39, 0.29) is 0 Å². The van der Waals surface area contributed by atoms with Gasteiger partial charge in [-0.05, 0) is 61.9 Å². The number of rotatable bonds is 6. The molecule has 118 valence electrons. The van der Waals surface area contributed by atoms with Crippen LogP contribution in [-0.2, 0) is 6.54 Å². The third kappa shape index (κ3) is 5.03.